The predicted molar refractivity (Wildman–Crippen MR) is 67.7 cm³/mol. The smallest absolute Gasteiger partial charge is 0.117 e. The second kappa shape index (κ2) is 5.23. The Morgan fingerprint density at radius 2 is 2.18 bits per heavy atom. The van der Waals surface area contributed by atoms with E-state index in [9.17, 15) is 0 Å². The van der Waals surface area contributed by atoms with Crippen LogP contribution in [0.4, 0.5) is 0 Å². The van der Waals surface area contributed by atoms with Crippen molar-refractivity contribution in [3.05, 3.63) is 24.2 Å². The molecule has 1 N–H and O–H groups in total. The first kappa shape index (κ1) is 11.3. The van der Waals surface area contributed by atoms with Crippen molar-refractivity contribution in [3.63, 3.8) is 0 Å². The van der Waals surface area contributed by atoms with Gasteiger partial charge < -0.3 is 9.73 Å². The molecule has 1 aromatic rings. The zero-order valence-corrected chi connectivity index (χ0v) is 10.4. The first-order valence-corrected chi connectivity index (χ1v) is 6.89. The Balaban J connectivity index is 1.33. The molecular formula is C14H22N2O. The first-order valence-electron chi connectivity index (χ1n) is 6.89. The topological polar surface area (TPSA) is 28.4 Å². The molecule has 3 heteroatoms. The van der Waals surface area contributed by atoms with Gasteiger partial charge in [0.2, 0.25) is 0 Å². The maximum atomic E-state index is 5.30. The summed E-state index contributed by atoms with van der Waals surface area (Å²) >= 11 is 0. The molecule has 2 aliphatic rings. The minimum atomic E-state index is 0.856. The summed E-state index contributed by atoms with van der Waals surface area (Å²) in [5, 5.41) is 3.46. The maximum Gasteiger partial charge on any atom is 0.117 e. The molecule has 2 fully saturated rings. The van der Waals surface area contributed by atoms with Crippen molar-refractivity contribution in [1.29, 1.82) is 0 Å². The molecule has 2 aliphatic carbocycles. The maximum absolute atomic E-state index is 5.30. The standard InChI is InChI=1S/C14H22N2O/c1-2-14(17-9-1)10-15-7-8-16(13-5-6-13)11-12-3-4-12/h1-2,9,12-13,15H,3-8,10-11H2. The number of nitrogens with one attached hydrogen (secondary N) is 1. The molecule has 2 saturated carbocycles. The molecule has 1 heterocycles. The fourth-order valence-electron chi connectivity index (χ4n) is 2.34. The fourth-order valence-corrected chi connectivity index (χ4v) is 2.34. The summed E-state index contributed by atoms with van der Waals surface area (Å²) < 4.78 is 5.30. The van der Waals surface area contributed by atoms with Crippen LogP contribution < -0.4 is 5.32 Å². The predicted octanol–water partition coefficient (Wildman–Crippen LogP) is 2.24. The normalized spacial score (nSPS) is 20.1. The lowest BCUT2D eigenvalue weighted by Gasteiger charge is -2.21. The SMILES string of the molecule is c1coc(CNCCN(CC2CC2)C2CC2)c1. The summed E-state index contributed by atoms with van der Waals surface area (Å²) in [6.45, 7) is 4.47. The van der Waals surface area contributed by atoms with Crippen molar-refractivity contribution in [2.45, 2.75) is 38.3 Å². The van der Waals surface area contributed by atoms with Crippen molar-refractivity contribution in [2.24, 2.45) is 5.92 Å². The highest BCUT2D eigenvalue weighted by atomic mass is 16.3. The van der Waals surface area contributed by atoms with E-state index in [1.165, 1.54) is 38.8 Å². The Morgan fingerprint density at radius 1 is 1.29 bits per heavy atom. The van der Waals surface area contributed by atoms with Crippen molar-refractivity contribution < 1.29 is 4.42 Å². The summed E-state index contributed by atoms with van der Waals surface area (Å²) in [6.07, 6.45) is 7.50. The van der Waals surface area contributed by atoms with Gasteiger partial charge in [-0.2, -0.15) is 0 Å². The number of hydrogen-bond donors (Lipinski definition) is 1. The van der Waals surface area contributed by atoms with E-state index in [1.807, 2.05) is 12.1 Å². The van der Waals surface area contributed by atoms with E-state index < -0.39 is 0 Å². The molecule has 0 amide bonds. The van der Waals surface area contributed by atoms with Gasteiger partial charge in [0.25, 0.3) is 0 Å². The largest absolute Gasteiger partial charge is 0.468 e. The molecular weight excluding hydrogens is 212 g/mol. The van der Waals surface area contributed by atoms with Crippen LogP contribution in [0.3, 0.4) is 0 Å². The molecule has 3 rings (SSSR count). The number of nitrogens with zero attached hydrogens (tertiary/aromatic N) is 1. The summed E-state index contributed by atoms with van der Waals surface area (Å²) in [5.74, 6) is 2.05. The van der Waals surface area contributed by atoms with Crippen molar-refractivity contribution in [2.75, 3.05) is 19.6 Å². The average Bonchev–Trinajstić information content (AvgIpc) is 3.24. The molecule has 0 aromatic carbocycles. The summed E-state index contributed by atoms with van der Waals surface area (Å²) in [7, 11) is 0. The Morgan fingerprint density at radius 3 is 2.82 bits per heavy atom. The van der Waals surface area contributed by atoms with Gasteiger partial charge in [-0.15, -0.1) is 0 Å². The van der Waals surface area contributed by atoms with Crippen molar-refractivity contribution >= 4 is 0 Å². The van der Waals surface area contributed by atoms with Gasteiger partial charge in [0.15, 0.2) is 0 Å². The van der Waals surface area contributed by atoms with E-state index in [-0.39, 0.29) is 0 Å². The van der Waals surface area contributed by atoms with E-state index in [4.69, 9.17) is 4.42 Å². The quantitative estimate of drug-likeness (QED) is 0.699. The van der Waals surface area contributed by atoms with Gasteiger partial charge >= 0.3 is 0 Å². The zero-order valence-electron chi connectivity index (χ0n) is 10.4. The van der Waals surface area contributed by atoms with Crippen LogP contribution in [0.25, 0.3) is 0 Å². The molecule has 0 aliphatic heterocycles. The van der Waals surface area contributed by atoms with Crippen molar-refractivity contribution in [1.82, 2.24) is 10.2 Å². The highest BCUT2D eigenvalue weighted by molar-refractivity contribution is 4.97. The molecule has 94 valence electrons. The molecule has 0 saturated heterocycles. The molecule has 0 radical (unpaired) electrons. The number of furan rings is 1. The number of hydrogen-bond acceptors (Lipinski definition) is 3. The van der Waals surface area contributed by atoms with Gasteiger partial charge in [0, 0.05) is 25.7 Å². The highest BCUT2D eigenvalue weighted by Crippen LogP contribution is 2.34. The van der Waals surface area contributed by atoms with E-state index in [1.54, 1.807) is 6.26 Å². The highest BCUT2D eigenvalue weighted by Gasteiger charge is 2.32. The third-order valence-electron chi connectivity index (χ3n) is 3.71. The van der Waals surface area contributed by atoms with Crippen LogP contribution in [-0.4, -0.2) is 30.6 Å². The first-order chi connectivity index (χ1) is 8.42. The minimum absolute atomic E-state index is 0.856. The monoisotopic (exact) mass is 234 g/mol. The fraction of sp³-hybridized carbons (Fsp3) is 0.714. The van der Waals surface area contributed by atoms with Crippen LogP contribution in [0.5, 0.6) is 0 Å². The van der Waals surface area contributed by atoms with Gasteiger partial charge in [-0.1, -0.05) is 0 Å². The summed E-state index contributed by atoms with van der Waals surface area (Å²) in [6, 6.07) is 4.87. The summed E-state index contributed by atoms with van der Waals surface area (Å²) in [5.41, 5.74) is 0. The van der Waals surface area contributed by atoms with E-state index in [0.29, 0.717) is 0 Å². The lowest BCUT2D eigenvalue weighted by molar-refractivity contribution is 0.251. The lowest BCUT2D eigenvalue weighted by atomic mass is 10.3. The molecule has 0 atom stereocenters. The molecule has 3 nitrogen and oxygen atoms in total. The van der Waals surface area contributed by atoms with Crippen molar-refractivity contribution in [3.8, 4) is 0 Å². The molecule has 0 unspecified atom stereocenters. The zero-order chi connectivity index (χ0) is 11.5. The molecule has 17 heavy (non-hydrogen) atoms. The Hall–Kier alpha value is -0.800. The number of rotatable bonds is 8. The molecule has 1 aromatic heterocycles. The van der Waals surface area contributed by atoms with Gasteiger partial charge in [0.1, 0.15) is 5.76 Å². The third kappa shape index (κ3) is 3.58. The Kier molecular flexibility index (Phi) is 3.48. The lowest BCUT2D eigenvalue weighted by Crippen LogP contribution is -2.35. The van der Waals surface area contributed by atoms with Gasteiger partial charge in [0.05, 0.1) is 12.8 Å². The Labute approximate surface area is 103 Å². The van der Waals surface area contributed by atoms with Crippen LogP contribution in [0.15, 0.2) is 22.8 Å². The van der Waals surface area contributed by atoms with Crippen LogP contribution in [0.1, 0.15) is 31.4 Å². The van der Waals surface area contributed by atoms with Gasteiger partial charge in [-0.05, 0) is 43.7 Å². The van der Waals surface area contributed by atoms with Crippen LogP contribution in [0.2, 0.25) is 0 Å². The molecule has 0 bridgehead atoms. The van der Waals surface area contributed by atoms with Crippen LogP contribution >= 0.6 is 0 Å². The van der Waals surface area contributed by atoms with E-state index in [2.05, 4.69) is 10.2 Å². The van der Waals surface area contributed by atoms with Gasteiger partial charge in [-0.25, -0.2) is 0 Å². The Bertz CT molecular complexity index is 328. The van der Waals surface area contributed by atoms with Crippen LogP contribution in [0, 0.1) is 5.92 Å². The van der Waals surface area contributed by atoms with E-state index in [0.717, 1.165) is 30.8 Å². The summed E-state index contributed by atoms with van der Waals surface area (Å²) in [4.78, 5) is 2.69. The van der Waals surface area contributed by atoms with Gasteiger partial charge in [-0.3, -0.25) is 4.90 Å². The van der Waals surface area contributed by atoms with E-state index >= 15 is 0 Å². The molecule has 0 spiro atoms. The minimum Gasteiger partial charge on any atom is -0.468 e. The second-order valence-corrected chi connectivity index (χ2v) is 5.43. The second-order valence-electron chi connectivity index (χ2n) is 5.43. The third-order valence-corrected chi connectivity index (χ3v) is 3.71. The van der Waals surface area contributed by atoms with Crippen LogP contribution in [-0.2, 0) is 6.54 Å². The average molecular weight is 234 g/mol.